The van der Waals surface area contributed by atoms with E-state index in [9.17, 15) is 0 Å². The van der Waals surface area contributed by atoms with Gasteiger partial charge in [-0.05, 0) is 49.7 Å². The lowest BCUT2D eigenvalue weighted by molar-refractivity contribution is 0.631. The van der Waals surface area contributed by atoms with Gasteiger partial charge >= 0.3 is 0 Å². The SMILES string of the molecule is CCc1nc2nc(Nc3ccc4ccsc4c3)nc(NC(C)(C)C)c2[nH]1. The molecule has 0 fully saturated rings. The van der Waals surface area contributed by atoms with Gasteiger partial charge in [0.15, 0.2) is 11.5 Å². The van der Waals surface area contributed by atoms with Gasteiger partial charge in [-0.15, -0.1) is 11.3 Å². The number of aromatic nitrogens is 4. The molecule has 0 bridgehead atoms. The Labute approximate surface area is 156 Å². The Balaban J connectivity index is 1.75. The van der Waals surface area contributed by atoms with Crippen LogP contribution in [-0.2, 0) is 6.42 Å². The van der Waals surface area contributed by atoms with Crippen molar-refractivity contribution >= 4 is 50.0 Å². The van der Waals surface area contributed by atoms with E-state index in [1.54, 1.807) is 11.3 Å². The smallest absolute Gasteiger partial charge is 0.231 e. The monoisotopic (exact) mass is 366 g/mol. The molecule has 0 atom stereocenters. The summed E-state index contributed by atoms with van der Waals surface area (Å²) in [4.78, 5) is 17.2. The molecular formula is C19H22N6S. The molecular weight excluding hydrogens is 344 g/mol. The maximum absolute atomic E-state index is 4.70. The second-order valence-electron chi connectivity index (χ2n) is 7.30. The van der Waals surface area contributed by atoms with Crippen molar-refractivity contribution in [3.8, 4) is 0 Å². The largest absolute Gasteiger partial charge is 0.364 e. The summed E-state index contributed by atoms with van der Waals surface area (Å²) in [6, 6.07) is 8.38. The number of thiophene rings is 1. The fourth-order valence-electron chi connectivity index (χ4n) is 2.78. The molecule has 0 saturated heterocycles. The molecule has 134 valence electrons. The number of aryl methyl sites for hydroxylation is 1. The van der Waals surface area contributed by atoms with E-state index in [0.29, 0.717) is 11.6 Å². The van der Waals surface area contributed by atoms with Crippen LogP contribution in [0.5, 0.6) is 0 Å². The van der Waals surface area contributed by atoms with Crippen LogP contribution in [-0.4, -0.2) is 25.5 Å². The molecule has 6 nitrogen and oxygen atoms in total. The van der Waals surface area contributed by atoms with Gasteiger partial charge in [-0.3, -0.25) is 0 Å². The zero-order valence-electron chi connectivity index (χ0n) is 15.3. The number of fused-ring (bicyclic) bond motifs is 2. The third-order valence-corrected chi connectivity index (χ3v) is 4.82. The van der Waals surface area contributed by atoms with Crippen molar-refractivity contribution in [2.45, 2.75) is 39.7 Å². The van der Waals surface area contributed by atoms with Crippen LogP contribution in [0.4, 0.5) is 17.5 Å². The molecule has 3 N–H and O–H groups in total. The highest BCUT2D eigenvalue weighted by Crippen LogP contribution is 2.28. The number of H-pyrrole nitrogens is 1. The molecule has 7 heteroatoms. The second-order valence-corrected chi connectivity index (χ2v) is 8.25. The molecule has 0 saturated carbocycles. The number of hydrogen-bond donors (Lipinski definition) is 3. The quantitative estimate of drug-likeness (QED) is 0.469. The standard InChI is InChI=1S/C19H22N6S/c1-5-14-21-15-16(22-14)23-18(24-17(15)25-19(2,3)4)20-12-7-6-11-8-9-26-13(11)10-12/h6-10H,5H2,1-4H3,(H3,20,21,22,23,24,25). The Morgan fingerprint density at radius 3 is 2.73 bits per heavy atom. The van der Waals surface area contributed by atoms with Gasteiger partial charge < -0.3 is 15.6 Å². The number of rotatable bonds is 4. The molecule has 0 amide bonds. The Bertz CT molecular complexity index is 1070. The van der Waals surface area contributed by atoms with Gasteiger partial charge in [0.1, 0.15) is 11.3 Å². The van der Waals surface area contributed by atoms with Gasteiger partial charge in [0.25, 0.3) is 0 Å². The van der Waals surface area contributed by atoms with Crippen LogP contribution in [0.15, 0.2) is 29.6 Å². The van der Waals surface area contributed by atoms with Crippen molar-refractivity contribution in [1.82, 2.24) is 19.9 Å². The fourth-order valence-corrected chi connectivity index (χ4v) is 3.60. The van der Waals surface area contributed by atoms with E-state index in [0.717, 1.165) is 29.3 Å². The number of hydrogen-bond acceptors (Lipinski definition) is 6. The van der Waals surface area contributed by atoms with Crippen LogP contribution in [0.1, 0.15) is 33.5 Å². The van der Waals surface area contributed by atoms with Crippen LogP contribution in [0.2, 0.25) is 0 Å². The van der Waals surface area contributed by atoms with E-state index in [2.05, 4.69) is 76.9 Å². The summed E-state index contributed by atoms with van der Waals surface area (Å²) >= 11 is 1.72. The van der Waals surface area contributed by atoms with Crippen molar-refractivity contribution in [3.05, 3.63) is 35.5 Å². The van der Waals surface area contributed by atoms with Crippen molar-refractivity contribution in [2.75, 3.05) is 10.6 Å². The predicted molar refractivity (Wildman–Crippen MR) is 110 cm³/mol. The molecule has 0 spiro atoms. The van der Waals surface area contributed by atoms with E-state index >= 15 is 0 Å². The predicted octanol–water partition coefficient (Wildman–Crippen LogP) is 5.08. The molecule has 1 aromatic carbocycles. The lowest BCUT2D eigenvalue weighted by atomic mass is 10.1. The van der Waals surface area contributed by atoms with E-state index in [1.807, 2.05) is 6.07 Å². The van der Waals surface area contributed by atoms with Gasteiger partial charge in [0, 0.05) is 22.3 Å². The number of nitrogens with zero attached hydrogens (tertiary/aromatic N) is 3. The van der Waals surface area contributed by atoms with Crippen LogP contribution >= 0.6 is 11.3 Å². The van der Waals surface area contributed by atoms with Gasteiger partial charge in [-0.2, -0.15) is 9.97 Å². The highest BCUT2D eigenvalue weighted by molar-refractivity contribution is 7.17. The third-order valence-electron chi connectivity index (χ3n) is 3.94. The summed E-state index contributed by atoms with van der Waals surface area (Å²) in [6.45, 7) is 8.39. The lowest BCUT2D eigenvalue weighted by Gasteiger charge is -2.21. The van der Waals surface area contributed by atoms with Crippen LogP contribution in [0.25, 0.3) is 21.3 Å². The Kier molecular flexibility index (Phi) is 4.03. The summed E-state index contributed by atoms with van der Waals surface area (Å²) in [5.74, 6) is 2.20. The molecule has 3 aromatic heterocycles. The van der Waals surface area contributed by atoms with Gasteiger partial charge in [0.2, 0.25) is 5.95 Å². The second kappa shape index (κ2) is 6.25. The normalized spacial score (nSPS) is 12.0. The number of aromatic amines is 1. The Hall–Kier alpha value is -2.67. The maximum atomic E-state index is 4.70. The average Bonchev–Trinajstić information content (AvgIpc) is 3.19. The molecule has 0 aliphatic rings. The molecule has 0 radical (unpaired) electrons. The minimum atomic E-state index is -0.119. The fraction of sp³-hybridized carbons (Fsp3) is 0.316. The van der Waals surface area contributed by atoms with Crippen LogP contribution in [0, 0.1) is 0 Å². The first-order valence-electron chi connectivity index (χ1n) is 8.70. The lowest BCUT2D eigenvalue weighted by Crippen LogP contribution is -2.27. The highest BCUT2D eigenvalue weighted by Gasteiger charge is 2.17. The number of benzene rings is 1. The molecule has 26 heavy (non-hydrogen) atoms. The molecule has 0 aliphatic heterocycles. The van der Waals surface area contributed by atoms with E-state index < -0.39 is 0 Å². The molecule has 4 aromatic rings. The summed E-state index contributed by atoms with van der Waals surface area (Å²) in [7, 11) is 0. The Morgan fingerprint density at radius 2 is 1.96 bits per heavy atom. The van der Waals surface area contributed by atoms with Crippen LogP contribution < -0.4 is 10.6 Å². The minimum Gasteiger partial charge on any atom is -0.364 e. The highest BCUT2D eigenvalue weighted by atomic mass is 32.1. The first kappa shape index (κ1) is 16.8. The summed E-state index contributed by atoms with van der Waals surface area (Å²) in [5.41, 5.74) is 2.36. The van der Waals surface area contributed by atoms with Gasteiger partial charge in [0.05, 0.1) is 0 Å². The van der Waals surface area contributed by atoms with Crippen molar-refractivity contribution in [3.63, 3.8) is 0 Å². The first-order chi connectivity index (χ1) is 12.4. The first-order valence-corrected chi connectivity index (χ1v) is 9.58. The molecule has 0 unspecified atom stereocenters. The van der Waals surface area contributed by atoms with Gasteiger partial charge in [-0.1, -0.05) is 13.0 Å². The summed E-state index contributed by atoms with van der Waals surface area (Å²) in [6.07, 6.45) is 0.823. The summed E-state index contributed by atoms with van der Waals surface area (Å²) < 4.78 is 1.23. The van der Waals surface area contributed by atoms with E-state index in [-0.39, 0.29) is 5.54 Å². The number of nitrogens with one attached hydrogen (secondary N) is 3. The zero-order valence-corrected chi connectivity index (χ0v) is 16.2. The van der Waals surface area contributed by atoms with E-state index in [4.69, 9.17) is 4.98 Å². The molecule has 3 heterocycles. The number of anilines is 3. The zero-order chi connectivity index (χ0) is 18.3. The van der Waals surface area contributed by atoms with Crippen molar-refractivity contribution < 1.29 is 0 Å². The number of imidazole rings is 1. The molecule has 4 rings (SSSR count). The maximum Gasteiger partial charge on any atom is 0.231 e. The van der Waals surface area contributed by atoms with Crippen LogP contribution in [0.3, 0.4) is 0 Å². The average molecular weight is 366 g/mol. The minimum absolute atomic E-state index is 0.119. The van der Waals surface area contributed by atoms with Gasteiger partial charge in [-0.25, -0.2) is 4.98 Å². The Morgan fingerprint density at radius 1 is 1.12 bits per heavy atom. The molecule has 0 aliphatic carbocycles. The topological polar surface area (TPSA) is 78.5 Å². The van der Waals surface area contributed by atoms with Crippen molar-refractivity contribution in [1.29, 1.82) is 0 Å². The van der Waals surface area contributed by atoms with Crippen molar-refractivity contribution in [2.24, 2.45) is 0 Å². The van der Waals surface area contributed by atoms with E-state index in [1.165, 1.54) is 10.1 Å². The third kappa shape index (κ3) is 3.35. The summed E-state index contributed by atoms with van der Waals surface area (Å²) in [5, 5.41) is 10.1.